The van der Waals surface area contributed by atoms with E-state index in [1.54, 1.807) is 11.6 Å². The molecule has 0 aromatic carbocycles. The highest BCUT2D eigenvalue weighted by atomic mass is 19.4. The highest BCUT2D eigenvalue weighted by Crippen LogP contribution is 2.65. The van der Waals surface area contributed by atoms with Gasteiger partial charge in [0, 0.05) is 25.2 Å². The molecule has 2 atom stereocenters. The summed E-state index contributed by atoms with van der Waals surface area (Å²) in [5.74, 6) is 0.914. The monoisotopic (exact) mass is 494 g/mol. The van der Waals surface area contributed by atoms with Gasteiger partial charge in [-0.3, -0.25) is 24.3 Å². The summed E-state index contributed by atoms with van der Waals surface area (Å²) < 4.78 is 41.6. The number of nitrogens with one attached hydrogen (secondary N) is 1. The highest BCUT2D eigenvalue weighted by molar-refractivity contribution is 5.76. The number of nitrogens with zero attached hydrogens (tertiary/aromatic N) is 5. The number of carbonyl (C=O) groups excluding carboxylic acids is 1. The van der Waals surface area contributed by atoms with Crippen LogP contribution in [0.1, 0.15) is 62.8 Å². The number of hydrogen-bond donors (Lipinski definition) is 1. The minimum Gasteiger partial charge on any atom is -0.356 e. The van der Waals surface area contributed by atoms with Crippen molar-refractivity contribution in [2.75, 3.05) is 6.54 Å². The smallest absolute Gasteiger partial charge is 0.356 e. The highest BCUT2D eigenvalue weighted by Gasteiger charge is 2.59. The summed E-state index contributed by atoms with van der Waals surface area (Å²) in [6.07, 6.45) is 4.99. The maximum Gasteiger partial charge on any atom is 0.435 e. The number of nitro groups is 1. The van der Waals surface area contributed by atoms with Crippen LogP contribution in [0.25, 0.3) is 0 Å². The quantitative estimate of drug-likeness (QED) is 0.336. The predicted molar refractivity (Wildman–Crippen MR) is 118 cm³/mol. The number of carbonyl (C=O) groups is 1. The molecule has 0 radical (unpaired) electrons. The third-order valence-electron chi connectivity index (χ3n) is 8.09. The van der Waals surface area contributed by atoms with Crippen molar-refractivity contribution >= 4 is 11.6 Å². The molecule has 4 aliphatic carbocycles. The number of aryl methyl sites for hydroxylation is 2. The topological polar surface area (TPSA) is 108 Å². The fourth-order valence-electron chi connectivity index (χ4n) is 7.28. The predicted octanol–water partition coefficient (Wildman–Crippen LogP) is 4.21. The zero-order valence-electron chi connectivity index (χ0n) is 19.6. The third-order valence-corrected chi connectivity index (χ3v) is 8.09. The van der Waals surface area contributed by atoms with Crippen LogP contribution >= 0.6 is 0 Å². The first-order valence-corrected chi connectivity index (χ1v) is 12.0. The lowest BCUT2D eigenvalue weighted by Gasteiger charge is -2.61. The molecule has 12 heteroatoms. The average molecular weight is 495 g/mol. The Balaban J connectivity index is 1.19. The molecule has 0 spiro atoms. The van der Waals surface area contributed by atoms with Gasteiger partial charge in [-0.1, -0.05) is 0 Å². The van der Waals surface area contributed by atoms with Crippen molar-refractivity contribution in [2.45, 2.75) is 76.6 Å². The first-order valence-electron chi connectivity index (χ1n) is 12.0. The van der Waals surface area contributed by atoms with E-state index in [1.807, 2.05) is 0 Å². The second kappa shape index (κ2) is 8.34. The molecular formula is C23H29F3N6O3. The molecule has 1 N–H and O–H groups in total. The van der Waals surface area contributed by atoms with Gasteiger partial charge in [-0.25, -0.2) is 0 Å². The summed E-state index contributed by atoms with van der Waals surface area (Å²) in [4.78, 5) is 23.6. The molecule has 4 saturated carbocycles. The minimum atomic E-state index is -4.47. The van der Waals surface area contributed by atoms with Gasteiger partial charge in [0.2, 0.25) is 5.91 Å². The SMILES string of the molecule is Cc1cc(C(F)(F)F)nn1CCCNC(=O)CC12CC3CC(C1)CC(n1cc([N+](=O)[O-])cn1)(C3)C2. The van der Waals surface area contributed by atoms with Crippen LogP contribution in [-0.4, -0.2) is 36.9 Å². The molecule has 6 rings (SSSR count). The van der Waals surface area contributed by atoms with Crippen molar-refractivity contribution in [3.63, 3.8) is 0 Å². The summed E-state index contributed by atoms with van der Waals surface area (Å²) >= 11 is 0. The molecule has 0 aliphatic heterocycles. The Labute approximate surface area is 200 Å². The molecule has 2 aromatic heterocycles. The number of halogens is 3. The summed E-state index contributed by atoms with van der Waals surface area (Å²) in [6, 6.07) is 1.02. The van der Waals surface area contributed by atoms with Crippen LogP contribution in [0, 0.1) is 34.3 Å². The van der Waals surface area contributed by atoms with E-state index in [-0.39, 0.29) is 22.5 Å². The summed E-state index contributed by atoms with van der Waals surface area (Å²) in [5.41, 5.74) is -0.900. The molecule has 4 aliphatic rings. The zero-order chi connectivity index (χ0) is 25.0. The van der Waals surface area contributed by atoms with E-state index in [9.17, 15) is 28.1 Å². The molecule has 4 bridgehead atoms. The van der Waals surface area contributed by atoms with E-state index in [0.717, 1.165) is 44.6 Å². The number of amides is 1. The van der Waals surface area contributed by atoms with E-state index in [4.69, 9.17) is 0 Å². The Kier molecular flexibility index (Phi) is 5.67. The van der Waals surface area contributed by atoms with Crippen LogP contribution in [-0.2, 0) is 23.1 Å². The van der Waals surface area contributed by atoms with Gasteiger partial charge in [0.25, 0.3) is 0 Å². The van der Waals surface area contributed by atoms with E-state index in [2.05, 4.69) is 15.5 Å². The third kappa shape index (κ3) is 4.54. The Morgan fingerprint density at radius 2 is 2.00 bits per heavy atom. The number of alkyl halides is 3. The summed E-state index contributed by atoms with van der Waals surface area (Å²) in [6.45, 7) is 2.23. The van der Waals surface area contributed by atoms with E-state index in [0.29, 0.717) is 43.5 Å². The van der Waals surface area contributed by atoms with Gasteiger partial charge in [-0.05, 0) is 75.2 Å². The Morgan fingerprint density at radius 3 is 2.60 bits per heavy atom. The van der Waals surface area contributed by atoms with Gasteiger partial charge in [-0.15, -0.1) is 0 Å². The minimum absolute atomic E-state index is 0.0117. The maximum atomic E-state index is 12.9. The number of aromatic nitrogens is 4. The molecular weight excluding hydrogens is 465 g/mol. The Bertz CT molecular complexity index is 1130. The van der Waals surface area contributed by atoms with Crippen molar-refractivity contribution in [3.8, 4) is 0 Å². The molecule has 2 aromatic rings. The lowest BCUT2D eigenvalue weighted by molar-refractivity contribution is -0.385. The molecule has 35 heavy (non-hydrogen) atoms. The van der Waals surface area contributed by atoms with Crippen LogP contribution < -0.4 is 5.32 Å². The second-order valence-corrected chi connectivity index (χ2v) is 10.9. The lowest BCUT2D eigenvalue weighted by atomic mass is 9.46. The molecule has 0 saturated heterocycles. The number of rotatable bonds is 8. The van der Waals surface area contributed by atoms with Crippen LogP contribution in [0.15, 0.2) is 18.5 Å². The van der Waals surface area contributed by atoms with Gasteiger partial charge in [0.1, 0.15) is 12.4 Å². The molecule has 4 fully saturated rings. The van der Waals surface area contributed by atoms with Gasteiger partial charge < -0.3 is 5.32 Å². The fraction of sp³-hybridized carbons (Fsp3) is 0.696. The van der Waals surface area contributed by atoms with Crippen molar-refractivity contribution in [1.82, 2.24) is 24.9 Å². The van der Waals surface area contributed by atoms with Crippen LogP contribution in [0.4, 0.5) is 18.9 Å². The van der Waals surface area contributed by atoms with Gasteiger partial charge in [-0.2, -0.15) is 23.4 Å². The standard InChI is InChI=1S/C23H29F3N6O3/c1-15-5-19(23(24,25)26)29-30(15)4-2-3-27-20(33)11-21-7-16-6-17(8-21)10-22(9-16,14-21)31-13-18(12-28-31)32(34)35/h5,12-13,16-17H,2-4,6-11,14H2,1H3,(H,27,33). The van der Waals surface area contributed by atoms with Crippen molar-refractivity contribution in [3.05, 3.63) is 40.0 Å². The number of hydrogen-bond acceptors (Lipinski definition) is 5. The van der Waals surface area contributed by atoms with Crippen LogP contribution in [0.5, 0.6) is 0 Å². The normalized spacial score (nSPS) is 29.5. The largest absolute Gasteiger partial charge is 0.435 e. The Morgan fingerprint density at radius 1 is 1.29 bits per heavy atom. The van der Waals surface area contributed by atoms with Crippen molar-refractivity contribution < 1.29 is 22.9 Å². The molecule has 2 unspecified atom stereocenters. The first-order chi connectivity index (χ1) is 16.5. The molecule has 190 valence electrons. The van der Waals surface area contributed by atoms with E-state index >= 15 is 0 Å². The average Bonchev–Trinajstić information content (AvgIpc) is 3.37. The van der Waals surface area contributed by atoms with Crippen molar-refractivity contribution in [1.29, 1.82) is 0 Å². The van der Waals surface area contributed by atoms with E-state index < -0.39 is 16.8 Å². The fourth-order valence-corrected chi connectivity index (χ4v) is 7.28. The van der Waals surface area contributed by atoms with Crippen LogP contribution in [0.2, 0.25) is 0 Å². The second-order valence-electron chi connectivity index (χ2n) is 10.9. The van der Waals surface area contributed by atoms with Crippen LogP contribution in [0.3, 0.4) is 0 Å². The zero-order valence-corrected chi connectivity index (χ0v) is 19.6. The molecule has 2 heterocycles. The molecule has 1 amide bonds. The lowest BCUT2D eigenvalue weighted by Crippen LogP contribution is -2.57. The van der Waals surface area contributed by atoms with Crippen molar-refractivity contribution in [2.24, 2.45) is 17.3 Å². The van der Waals surface area contributed by atoms with Gasteiger partial charge in [0.05, 0.1) is 10.5 Å². The molecule has 9 nitrogen and oxygen atoms in total. The van der Waals surface area contributed by atoms with E-state index in [1.165, 1.54) is 17.1 Å². The summed E-state index contributed by atoms with van der Waals surface area (Å²) in [5, 5.41) is 22.1. The maximum absolute atomic E-state index is 12.9. The first kappa shape index (κ1) is 23.8. The Hall–Kier alpha value is -2.92. The summed E-state index contributed by atoms with van der Waals surface area (Å²) in [7, 11) is 0. The van der Waals surface area contributed by atoms with Gasteiger partial charge >= 0.3 is 11.9 Å². The van der Waals surface area contributed by atoms with Gasteiger partial charge in [0.15, 0.2) is 5.69 Å².